The maximum atomic E-state index is 12.8. The number of para-hydroxylation sites is 2. The van der Waals surface area contributed by atoms with Gasteiger partial charge in [0.05, 0.1) is 13.2 Å². The van der Waals surface area contributed by atoms with E-state index in [0.717, 1.165) is 24.2 Å². The van der Waals surface area contributed by atoms with E-state index in [1.54, 1.807) is 12.1 Å². The lowest BCUT2D eigenvalue weighted by atomic mass is 10.1. The number of anilines is 10. The van der Waals surface area contributed by atoms with Gasteiger partial charge >= 0.3 is 0 Å². The lowest BCUT2D eigenvalue weighted by molar-refractivity contribution is 0.122. The van der Waals surface area contributed by atoms with Crippen molar-refractivity contribution in [2.75, 3.05) is 70.5 Å². The van der Waals surface area contributed by atoms with E-state index in [1.165, 1.54) is 36.4 Å². The lowest BCUT2D eigenvalue weighted by Gasteiger charge is -2.27. The summed E-state index contributed by atoms with van der Waals surface area (Å²) in [4.78, 5) is 30.4. The van der Waals surface area contributed by atoms with E-state index in [0.29, 0.717) is 51.3 Å². The molecule has 0 bridgehead atoms. The number of nitrogens with one attached hydrogen (secondary N) is 4. The fourth-order valence-electron chi connectivity index (χ4n) is 6.54. The van der Waals surface area contributed by atoms with Crippen molar-refractivity contribution in [3.63, 3.8) is 0 Å². The van der Waals surface area contributed by atoms with Crippen LogP contribution in [0, 0.1) is 0 Å². The van der Waals surface area contributed by atoms with Gasteiger partial charge in [0.15, 0.2) is 0 Å². The summed E-state index contributed by atoms with van der Waals surface area (Å²) in [5.74, 6) is 1.48. The van der Waals surface area contributed by atoms with Crippen LogP contribution < -0.4 is 31.1 Å². The number of ether oxygens (including phenoxy) is 1. The van der Waals surface area contributed by atoms with Crippen molar-refractivity contribution in [1.29, 1.82) is 0 Å². The number of benzene rings is 4. The maximum Gasteiger partial charge on any atom is 0.295 e. The molecule has 0 unspecified atom stereocenters. The van der Waals surface area contributed by atoms with E-state index in [-0.39, 0.29) is 46.3 Å². The van der Waals surface area contributed by atoms with Crippen LogP contribution in [-0.2, 0) is 25.0 Å². The van der Waals surface area contributed by atoms with Crippen molar-refractivity contribution in [1.82, 2.24) is 29.9 Å². The zero-order valence-electron chi connectivity index (χ0n) is 34.4. The van der Waals surface area contributed by atoms with Gasteiger partial charge in [-0.15, -0.1) is 0 Å². The quantitative estimate of drug-likeness (QED) is 0.0370. The predicted molar refractivity (Wildman–Crippen MR) is 243 cm³/mol. The average molecular weight is 895 g/mol. The second kappa shape index (κ2) is 19.9. The second-order valence-electron chi connectivity index (χ2n) is 14.2. The Kier molecular flexibility index (Phi) is 14.0. The molecule has 0 radical (unpaired) electrons. The normalized spacial score (nSPS) is 13.2. The van der Waals surface area contributed by atoms with Gasteiger partial charge in [0.25, 0.3) is 20.2 Å². The van der Waals surface area contributed by atoms with Gasteiger partial charge in [-0.05, 0) is 72.5 Å². The van der Waals surface area contributed by atoms with Crippen LogP contribution in [0.25, 0.3) is 12.2 Å². The summed E-state index contributed by atoms with van der Waals surface area (Å²) in [5, 5.41) is 12.4. The number of morpholine rings is 1. The molecule has 7 rings (SSSR count). The third kappa shape index (κ3) is 12.0. The van der Waals surface area contributed by atoms with Crippen molar-refractivity contribution in [3.05, 3.63) is 108 Å². The van der Waals surface area contributed by atoms with Crippen LogP contribution in [0.15, 0.2) is 107 Å². The Balaban J connectivity index is 1.17. The molecule has 0 spiro atoms. The third-order valence-corrected chi connectivity index (χ3v) is 11.2. The first kappa shape index (κ1) is 44.3. The van der Waals surface area contributed by atoms with Crippen LogP contribution in [0.3, 0.4) is 0 Å². The van der Waals surface area contributed by atoms with Crippen molar-refractivity contribution in [2.45, 2.75) is 36.5 Å². The molecule has 6 aromatic rings. The number of rotatable bonds is 18. The lowest BCUT2D eigenvalue weighted by Crippen LogP contribution is -2.37. The summed E-state index contributed by atoms with van der Waals surface area (Å²) < 4.78 is 77.2. The van der Waals surface area contributed by atoms with E-state index in [9.17, 15) is 25.9 Å². The molecule has 0 aliphatic carbocycles. The molecule has 19 nitrogen and oxygen atoms in total. The fourth-order valence-corrected chi connectivity index (χ4v) is 7.96. The molecule has 4 aromatic carbocycles. The second-order valence-corrected chi connectivity index (χ2v) is 17.0. The molecule has 1 saturated heterocycles. The molecule has 1 fully saturated rings. The van der Waals surface area contributed by atoms with Gasteiger partial charge < -0.3 is 35.8 Å². The predicted octanol–water partition coefficient (Wildman–Crippen LogP) is 7.16. The van der Waals surface area contributed by atoms with Crippen LogP contribution in [0.4, 0.5) is 58.4 Å². The summed E-state index contributed by atoms with van der Waals surface area (Å²) in [6.45, 7) is 7.56. The fraction of sp³-hybridized carbons (Fsp3) is 0.238. The maximum absolute atomic E-state index is 12.8. The molecular weight excluding hydrogens is 849 g/mol. The highest BCUT2D eigenvalue weighted by Crippen LogP contribution is 2.29. The van der Waals surface area contributed by atoms with E-state index in [2.05, 4.69) is 65.0 Å². The Labute approximate surface area is 365 Å². The van der Waals surface area contributed by atoms with Crippen LogP contribution in [0.2, 0.25) is 0 Å². The van der Waals surface area contributed by atoms with Gasteiger partial charge in [-0.2, -0.15) is 46.7 Å². The largest absolute Gasteiger partial charge is 0.378 e. The molecule has 2 aromatic heterocycles. The summed E-state index contributed by atoms with van der Waals surface area (Å²) in [7, 11) is -9.66. The third-order valence-electron chi connectivity index (χ3n) is 9.41. The van der Waals surface area contributed by atoms with Crippen LogP contribution in [0.5, 0.6) is 0 Å². The minimum atomic E-state index is -4.83. The highest BCUT2D eigenvalue weighted by molar-refractivity contribution is 7.86. The summed E-state index contributed by atoms with van der Waals surface area (Å²) in [6.07, 6.45) is 4.31. The number of hydrogen-bond donors (Lipinski definition) is 6. The Hall–Kier alpha value is -6.78. The SMILES string of the molecule is CCCN(CCC)c1nc(Nc2ccccc2)nc(Nc2ccc(/C=C/c3ccc(Nc4nc(Nc5ccccc5)nc(N5CCOCC5)n4)cc3S(=O)(=O)O)c(S(=O)(=O)O)c2)n1. The molecule has 0 amide bonds. The molecule has 0 saturated carbocycles. The highest BCUT2D eigenvalue weighted by Gasteiger charge is 2.21. The Morgan fingerprint density at radius 2 is 1.00 bits per heavy atom. The molecule has 328 valence electrons. The first-order valence-corrected chi connectivity index (χ1v) is 22.9. The van der Waals surface area contributed by atoms with E-state index in [1.807, 2.05) is 70.5 Å². The van der Waals surface area contributed by atoms with E-state index in [4.69, 9.17) is 4.74 Å². The van der Waals surface area contributed by atoms with E-state index < -0.39 is 30.0 Å². The molecule has 63 heavy (non-hydrogen) atoms. The molecule has 3 heterocycles. The zero-order valence-corrected chi connectivity index (χ0v) is 36.0. The van der Waals surface area contributed by atoms with Gasteiger partial charge in [0.2, 0.25) is 35.7 Å². The summed E-state index contributed by atoms with van der Waals surface area (Å²) in [6, 6.07) is 27.0. The van der Waals surface area contributed by atoms with Gasteiger partial charge in [0.1, 0.15) is 9.79 Å². The van der Waals surface area contributed by atoms with Crippen molar-refractivity contribution >= 4 is 90.8 Å². The van der Waals surface area contributed by atoms with E-state index >= 15 is 0 Å². The Morgan fingerprint density at radius 1 is 0.587 bits per heavy atom. The first-order chi connectivity index (χ1) is 30.3. The molecule has 0 atom stereocenters. The standard InChI is InChI=1S/C42H46N12O7S2/c1-3-21-53(22-4-2)41-49-37(43-31-11-7-5-8-12-31)47-39(51-41)45-33-19-17-29(35(27-33)62(55,56)57)15-16-30-18-20-34(28-36(30)63(58,59)60)46-40-48-38(44-32-13-9-6-10-14-32)50-42(52-40)54-23-25-61-26-24-54/h5-20,27-28H,3-4,21-26H2,1-2H3,(H,55,56,57)(H,58,59,60)(H2,43,45,47,49,51)(H2,44,46,48,50,52)/b16-15+. The zero-order chi connectivity index (χ0) is 44.4. The molecule has 1 aliphatic rings. The molecule has 21 heteroatoms. The Bertz CT molecular complexity index is 2770. The van der Waals surface area contributed by atoms with Gasteiger partial charge in [-0.1, -0.05) is 74.5 Å². The Morgan fingerprint density at radius 3 is 1.41 bits per heavy atom. The van der Waals surface area contributed by atoms with Crippen LogP contribution in [0.1, 0.15) is 37.8 Å². The monoisotopic (exact) mass is 894 g/mol. The van der Waals surface area contributed by atoms with Gasteiger partial charge in [-0.3, -0.25) is 9.11 Å². The number of nitrogens with zero attached hydrogens (tertiary/aromatic N) is 8. The van der Waals surface area contributed by atoms with Crippen LogP contribution in [-0.4, -0.2) is 95.2 Å². The summed E-state index contributed by atoms with van der Waals surface area (Å²) >= 11 is 0. The van der Waals surface area contributed by atoms with Gasteiger partial charge in [-0.25, -0.2) is 0 Å². The molecule has 1 aliphatic heterocycles. The summed E-state index contributed by atoms with van der Waals surface area (Å²) in [5.41, 5.74) is 1.96. The minimum Gasteiger partial charge on any atom is -0.378 e. The first-order valence-electron chi connectivity index (χ1n) is 20.0. The number of hydrogen-bond acceptors (Lipinski definition) is 17. The molecule has 6 N–H and O–H groups in total. The number of aromatic nitrogens is 6. The topological polar surface area (TPSA) is 250 Å². The van der Waals surface area contributed by atoms with Gasteiger partial charge in [0, 0.05) is 48.9 Å². The van der Waals surface area contributed by atoms with Crippen molar-refractivity contribution in [2.24, 2.45) is 0 Å². The average Bonchev–Trinajstić information content (AvgIpc) is 3.26. The van der Waals surface area contributed by atoms with Crippen molar-refractivity contribution < 1.29 is 30.7 Å². The highest BCUT2D eigenvalue weighted by atomic mass is 32.2. The minimum absolute atomic E-state index is 0.0162. The van der Waals surface area contributed by atoms with Crippen molar-refractivity contribution in [3.8, 4) is 0 Å². The van der Waals surface area contributed by atoms with Crippen LogP contribution >= 0.6 is 0 Å². The smallest absolute Gasteiger partial charge is 0.295 e. The molecular formula is C42H46N12O7S2.